The molecule has 0 aliphatic heterocycles. The van der Waals surface area contributed by atoms with Crippen LogP contribution in [0.15, 0.2) is 24.3 Å². The quantitative estimate of drug-likeness (QED) is 0.769. The van der Waals surface area contributed by atoms with Crippen molar-refractivity contribution in [3.8, 4) is 0 Å². The average Bonchev–Trinajstić information content (AvgIpc) is 3.00. The highest BCUT2D eigenvalue weighted by molar-refractivity contribution is 5.36. The van der Waals surface area contributed by atoms with Gasteiger partial charge in [-0.15, -0.1) is 0 Å². The second-order valence-electron chi connectivity index (χ2n) is 3.92. The molecule has 0 saturated heterocycles. The van der Waals surface area contributed by atoms with Gasteiger partial charge in [0.05, 0.1) is 5.60 Å². The molecule has 1 aromatic rings. The summed E-state index contributed by atoms with van der Waals surface area (Å²) < 4.78 is 10.4. The Bertz CT molecular complexity index is 340. The van der Waals surface area contributed by atoms with Gasteiger partial charge in [-0.3, -0.25) is 0 Å². The lowest BCUT2D eigenvalue weighted by Gasteiger charge is -2.20. The van der Waals surface area contributed by atoms with Gasteiger partial charge in [0, 0.05) is 19.8 Å². The molecule has 0 spiro atoms. The summed E-state index contributed by atoms with van der Waals surface area (Å²) in [5, 5.41) is 10.1. The second-order valence-corrected chi connectivity index (χ2v) is 3.92. The summed E-state index contributed by atoms with van der Waals surface area (Å²) in [5.41, 5.74) is 1.20. The molecule has 1 aliphatic rings. The summed E-state index contributed by atoms with van der Waals surface area (Å²) in [4.78, 5) is 0. The van der Waals surface area contributed by atoms with Crippen molar-refractivity contribution in [3.05, 3.63) is 35.4 Å². The second kappa shape index (κ2) is 3.93. The number of rotatable bonds is 4. The summed E-state index contributed by atoms with van der Waals surface area (Å²) in [5.74, 6) is 0. The van der Waals surface area contributed by atoms with E-state index in [9.17, 15) is 5.11 Å². The molecule has 1 fully saturated rings. The number of aliphatic hydroxyl groups is 1. The van der Waals surface area contributed by atoms with Crippen LogP contribution in [0.5, 0.6) is 0 Å². The van der Waals surface area contributed by atoms with Gasteiger partial charge in [0.15, 0.2) is 6.29 Å². The first-order valence-electron chi connectivity index (χ1n) is 5.08. The van der Waals surface area contributed by atoms with Gasteiger partial charge >= 0.3 is 0 Å². The van der Waals surface area contributed by atoms with Crippen molar-refractivity contribution in [3.63, 3.8) is 0 Å². The summed E-state index contributed by atoms with van der Waals surface area (Å²) in [7, 11) is 3.20. The topological polar surface area (TPSA) is 38.7 Å². The van der Waals surface area contributed by atoms with Crippen LogP contribution in [-0.4, -0.2) is 19.3 Å². The lowest BCUT2D eigenvalue weighted by atomic mass is 10.0. The van der Waals surface area contributed by atoms with E-state index < -0.39 is 11.9 Å². The summed E-state index contributed by atoms with van der Waals surface area (Å²) in [6.45, 7) is 0. The SMILES string of the molecule is COC(OC)c1ccccc1C1(O)CC1. The Morgan fingerprint density at radius 3 is 2.33 bits per heavy atom. The van der Waals surface area contributed by atoms with E-state index in [-0.39, 0.29) is 0 Å². The Balaban J connectivity index is 2.37. The lowest BCUT2D eigenvalue weighted by Crippen LogP contribution is -2.13. The molecule has 0 amide bonds. The maximum atomic E-state index is 10.1. The van der Waals surface area contributed by atoms with Gasteiger partial charge in [-0.2, -0.15) is 0 Å². The average molecular weight is 208 g/mol. The normalized spacial score (nSPS) is 18.1. The number of ether oxygens (including phenoxy) is 2. The minimum atomic E-state index is -0.647. The van der Waals surface area contributed by atoms with Gasteiger partial charge in [-0.25, -0.2) is 0 Å². The van der Waals surface area contributed by atoms with Crippen LogP contribution in [0.3, 0.4) is 0 Å². The van der Waals surface area contributed by atoms with Crippen molar-refractivity contribution >= 4 is 0 Å². The number of hydrogen-bond donors (Lipinski definition) is 1. The van der Waals surface area contributed by atoms with Crippen molar-refractivity contribution in [2.24, 2.45) is 0 Å². The fourth-order valence-electron chi connectivity index (χ4n) is 1.86. The van der Waals surface area contributed by atoms with Crippen LogP contribution in [0.4, 0.5) is 0 Å². The van der Waals surface area contributed by atoms with Gasteiger partial charge in [-0.1, -0.05) is 24.3 Å². The molecule has 0 aromatic heterocycles. The first kappa shape index (κ1) is 10.6. The van der Waals surface area contributed by atoms with Crippen LogP contribution < -0.4 is 0 Å². The zero-order chi connectivity index (χ0) is 10.9. The molecule has 0 bridgehead atoms. The fourth-order valence-corrected chi connectivity index (χ4v) is 1.86. The molecule has 1 saturated carbocycles. The third-order valence-electron chi connectivity index (χ3n) is 2.87. The lowest BCUT2D eigenvalue weighted by molar-refractivity contribution is -0.107. The van der Waals surface area contributed by atoms with E-state index in [1.54, 1.807) is 14.2 Å². The number of benzene rings is 1. The molecular formula is C12H16O3. The standard InChI is InChI=1S/C12H16O3/c1-14-11(15-2)9-5-3-4-6-10(9)12(13)7-8-12/h3-6,11,13H,7-8H2,1-2H3. The smallest absolute Gasteiger partial charge is 0.183 e. The van der Waals surface area contributed by atoms with Crippen LogP contribution in [0, 0.1) is 0 Å². The Kier molecular flexibility index (Phi) is 2.78. The summed E-state index contributed by atoms with van der Waals surface area (Å²) in [6, 6.07) is 7.73. The monoisotopic (exact) mass is 208 g/mol. The van der Waals surface area contributed by atoms with Crippen molar-refractivity contribution in [2.45, 2.75) is 24.7 Å². The molecule has 0 radical (unpaired) electrons. The molecule has 0 atom stereocenters. The summed E-state index contributed by atoms with van der Waals surface area (Å²) in [6.07, 6.45) is 1.25. The molecular weight excluding hydrogens is 192 g/mol. The maximum absolute atomic E-state index is 10.1. The van der Waals surface area contributed by atoms with E-state index in [1.807, 2.05) is 24.3 Å². The predicted octanol–water partition coefficient (Wildman–Crippen LogP) is 1.96. The molecule has 0 heterocycles. The van der Waals surface area contributed by atoms with E-state index in [1.165, 1.54) is 0 Å². The first-order chi connectivity index (χ1) is 7.21. The van der Waals surface area contributed by atoms with Gasteiger partial charge in [0.2, 0.25) is 0 Å². The highest BCUT2D eigenvalue weighted by Crippen LogP contribution is 2.47. The molecule has 3 nitrogen and oxygen atoms in total. The van der Waals surface area contributed by atoms with Crippen LogP contribution in [0.1, 0.15) is 30.3 Å². The maximum Gasteiger partial charge on any atom is 0.183 e. The Labute approximate surface area is 89.6 Å². The van der Waals surface area contributed by atoms with Crippen LogP contribution in [0.2, 0.25) is 0 Å². The Hall–Kier alpha value is -0.900. The molecule has 2 rings (SSSR count). The minimum absolute atomic E-state index is 0.397. The third-order valence-corrected chi connectivity index (χ3v) is 2.87. The van der Waals surface area contributed by atoms with E-state index in [0.717, 1.165) is 24.0 Å². The molecule has 15 heavy (non-hydrogen) atoms. The first-order valence-corrected chi connectivity index (χ1v) is 5.08. The van der Waals surface area contributed by atoms with Gasteiger partial charge < -0.3 is 14.6 Å². The van der Waals surface area contributed by atoms with E-state index in [4.69, 9.17) is 9.47 Å². The zero-order valence-electron chi connectivity index (χ0n) is 9.06. The van der Waals surface area contributed by atoms with Gasteiger partial charge in [0.25, 0.3) is 0 Å². The van der Waals surface area contributed by atoms with Crippen molar-refractivity contribution < 1.29 is 14.6 Å². The van der Waals surface area contributed by atoms with Crippen LogP contribution in [-0.2, 0) is 15.1 Å². The minimum Gasteiger partial charge on any atom is -0.385 e. The fraction of sp³-hybridized carbons (Fsp3) is 0.500. The van der Waals surface area contributed by atoms with Crippen molar-refractivity contribution in [1.82, 2.24) is 0 Å². The molecule has 1 N–H and O–H groups in total. The Morgan fingerprint density at radius 2 is 1.80 bits per heavy atom. The number of methoxy groups -OCH3 is 2. The van der Waals surface area contributed by atoms with Crippen LogP contribution >= 0.6 is 0 Å². The molecule has 82 valence electrons. The largest absolute Gasteiger partial charge is 0.385 e. The molecule has 0 unspecified atom stereocenters. The number of hydrogen-bond acceptors (Lipinski definition) is 3. The van der Waals surface area contributed by atoms with Crippen LogP contribution in [0.25, 0.3) is 0 Å². The van der Waals surface area contributed by atoms with Crippen molar-refractivity contribution in [2.75, 3.05) is 14.2 Å². The third kappa shape index (κ3) is 1.91. The molecule has 1 aromatic carbocycles. The van der Waals surface area contributed by atoms with Gasteiger partial charge in [-0.05, 0) is 18.4 Å². The van der Waals surface area contributed by atoms with Crippen molar-refractivity contribution in [1.29, 1.82) is 0 Å². The van der Waals surface area contributed by atoms with E-state index in [2.05, 4.69) is 0 Å². The highest BCUT2D eigenvalue weighted by Gasteiger charge is 2.44. The Morgan fingerprint density at radius 1 is 1.20 bits per heavy atom. The molecule has 3 heteroatoms. The zero-order valence-corrected chi connectivity index (χ0v) is 9.06. The van der Waals surface area contributed by atoms with E-state index >= 15 is 0 Å². The highest BCUT2D eigenvalue weighted by atomic mass is 16.7. The predicted molar refractivity (Wildman–Crippen MR) is 56.3 cm³/mol. The summed E-state index contributed by atoms with van der Waals surface area (Å²) >= 11 is 0. The molecule has 1 aliphatic carbocycles. The van der Waals surface area contributed by atoms with Gasteiger partial charge in [0.1, 0.15) is 0 Å². The van der Waals surface area contributed by atoms with E-state index in [0.29, 0.717) is 0 Å².